The maximum atomic E-state index is 12.1. The highest BCUT2D eigenvalue weighted by Gasteiger charge is 2.21. The Morgan fingerprint density at radius 3 is 2.56 bits per heavy atom. The monoisotopic (exact) mass is 239 g/mol. The van der Waals surface area contributed by atoms with Crippen LogP contribution in [0.3, 0.4) is 0 Å². The topological polar surface area (TPSA) is 39.1 Å². The van der Waals surface area contributed by atoms with Crippen LogP contribution in [0.25, 0.3) is 0 Å². The SMILES string of the molecule is Cc1ccc(C(=O)Cl)c(=O)n1C1CCCC1. The highest BCUT2D eigenvalue weighted by molar-refractivity contribution is 6.67. The first-order valence-corrected chi connectivity index (χ1v) is 5.91. The summed E-state index contributed by atoms with van der Waals surface area (Å²) in [5.41, 5.74) is 0.740. The molecule has 0 radical (unpaired) electrons. The van der Waals surface area contributed by atoms with Crippen LogP contribution in [0.15, 0.2) is 16.9 Å². The third-order valence-corrected chi connectivity index (χ3v) is 3.43. The molecule has 1 aliphatic rings. The molecule has 16 heavy (non-hydrogen) atoms. The second-order valence-corrected chi connectivity index (χ2v) is 4.62. The minimum Gasteiger partial charge on any atom is -0.309 e. The molecule has 3 nitrogen and oxygen atoms in total. The Balaban J connectivity index is 2.54. The van der Waals surface area contributed by atoms with E-state index in [9.17, 15) is 9.59 Å². The van der Waals surface area contributed by atoms with Crippen molar-refractivity contribution < 1.29 is 4.79 Å². The van der Waals surface area contributed by atoms with Gasteiger partial charge < -0.3 is 4.57 Å². The fourth-order valence-corrected chi connectivity index (χ4v) is 2.56. The predicted octanol–water partition coefficient (Wildman–Crippen LogP) is 2.65. The maximum absolute atomic E-state index is 12.1. The zero-order chi connectivity index (χ0) is 11.7. The summed E-state index contributed by atoms with van der Waals surface area (Å²) in [5, 5.41) is -0.670. The van der Waals surface area contributed by atoms with E-state index in [1.54, 1.807) is 10.6 Å². The number of halogens is 1. The maximum Gasteiger partial charge on any atom is 0.263 e. The van der Waals surface area contributed by atoms with Crippen molar-refractivity contribution in [2.75, 3.05) is 0 Å². The largest absolute Gasteiger partial charge is 0.309 e. The van der Waals surface area contributed by atoms with Gasteiger partial charge in [-0.15, -0.1) is 0 Å². The zero-order valence-electron chi connectivity index (χ0n) is 9.20. The minimum atomic E-state index is -0.670. The molecule has 1 aromatic rings. The number of hydrogen-bond acceptors (Lipinski definition) is 2. The number of hydrogen-bond donors (Lipinski definition) is 0. The summed E-state index contributed by atoms with van der Waals surface area (Å²) in [6, 6.07) is 3.54. The van der Waals surface area contributed by atoms with Crippen LogP contribution in [-0.4, -0.2) is 9.81 Å². The van der Waals surface area contributed by atoms with E-state index in [4.69, 9.17) is 11.6 Å². The molecule has 0 bridgehead atoms. The summed E-state index contributed by atoms with van der Waals surface area (Å²) < 4.78 is 1.72. The third kappa shape index (κ3) is 1.92. The Morgan fingerprint density at radius 1 is 1.38 bits per heavy atom. The van der Waals surface area contributed by atoms with E-state index >= 15 is 0 Å². The molecule has 1 heterocycles. The predicted molar refractivity (Wildman–Crippen MR) is 63.1 cm³/mol. The summed E-state index contributed by atoms with van der Waals surface area (Å²) in [6.45, 7) is 1.89. The van der Waals surface area contributed by atoms with Crippen molar-refractivity contribution in [2.24, 2.45) is 0 Å². The van der Waals surface area contributed by atoms with Crippen molar-refractivity contribution in [1.82, 2.24) is 4.57 Å². The van der Waals surface area contributed by atoms with Gasteiger partial charge in [-0.1, -0.05) is 12.8 Å². The fraction of sp³-hybridized carbons (Fsp3) is 0.500. The van der Waals surface area contributed by atoms with E-state index in [1.165, 1.54) is 6.07 Å². The summed E-state index contributed by atoms with van der Waals surface area (Å²) in [6.07, 6.45) is 4.33. The third-order valence-electron chi connectivity index (χ3n) is 3.22. The number of carbonyl (C=O) groups excluding carboxylic acids is 1. The zero-order valence-corrected chi connectivity index (χ0v) is 9.96. The summed E-state index contributed by atoms with van der Waals surface area (Å²) in [5.74, 6) is 0. The van der Waals surface area contributed by atoms with Gasteiger partial charge in [-0.2, -0.15) is 0 Å². The van der Waals surface area contributed by atoms with Crippen LogP contribution in [0.4, 0.5) is 0 Å². The standard InChI is InChI=1S/C12H14ClNO2/c1-8-6-7-10(11(13)15)12(16)14(8)9-4-2-3-5-9/h6-7,9H,2-5H2,1H3. The lowest BCUT2D eigenvalue weighted by molar-refractivity contribution is 0.107. The van der Waals surface area contributed by atoms with E-state index in [0.717, 1.165) is 31.4 Å². The molecule has 0 aromatic carbocycles. The number of carbonyl (C=O) groups is 1. The van der Waals surface area contributed by atoms with Gasteiger partial charge in [-0.25, -0.2) is 0 Å². The quantitative estimate of drug-likeness (QED) is 0.745. The number of nitrogens with zero attached hydrogens (tertiary/aromatic N) is 1. The smallest absolute Gasteiger partial charge is 0.263 e. The molecule has 0 atom stereocenters. The summed E-state index contributed by atoms with van der Waals surface area (Å²) >= 11 is 5.39. The van der Waals surface area contributed by atoms with Gasteiger partial charge in [0.15, 0.2) is 0 Å². The Labute approximate surface area is 99.0 Å². The molecule has 86 valence electrons. The molecular weight excluding hydrogens is 226 g/mol. The first-order chi connectivity index (χ1) is 7.61. The minimum absolute atomic E-state index is 0.0826. The highest BCUT2D eigenvalue weighted by atomic mass is 35.5. The molecule has 0 unspecified atom stereocenters. The van der Waals surface area contributed by atoms with E-state index in [1.807, 2.05) is 6.92 Å². The van der Waals surface area contributed by atoms with Gasteiger partial charge >= 0.3 is 0 Å². The van der Waals surface area contributed by atoms with E-state index in [2.05, 4.69) is 0 Å². The summed E-state index contributed by atoms with van der Waals surface area (Å²) in [4.78, 5) is 23.2. The van der Waals surface area contributed by atoms with Crippen molar-refractivity contribution in [3.05, 3.63) is 33.7 Å². The van der Waals surface area contributed by atoms with E-state index in [-0.39, 0.29) is 17.2 Å². The van der Waals surface area contributed by atoms with Crippen LogP contribution in [0.1, 0.15) is 47.8 Å². The Kier molecular flexibility index (Phi) is 3.15. The van der Waals surface area contributed by atoms with E-state index in [0.29, 0.717) is 0 Å². The molecule has 1 aliphatic carbocycles. The fourth-order valence-electron chi connectivity index (χ4n) is 2.41. The van der Waals surface area contributed by atoms with Crippen LogP contribution in [0.2, 0.25) is 0 Å². The lowest BCUT2D eigenvalue weighted by Gasteiger charge is -2.17. The molecule has 2 rings (SSSR count). The van der Waals surface area contributed by atoms with Gasteiger partial charge in [0.1, 0.15) is 0 Å². The Hall–Kier alpha value is -1.09. The first kappa shape index (κ1) is 11.4. The average Bonchev–Trinajstić information content (AvgIpc) is 2.70. The lowest BCUT2D eigenvalue weighted by Crippen LogP contribution is -2.29. The van der Waals surface area contributed by atoms with E-state index < -0.39 is 5.24 Å². The molecule has 0 N–H and O–H groups in total. The van der Waals surface area contributed by atoms with Crippen LogP contribution in [0, 0.1) is 6.92 Å². The molecular formula is C12H14ClNO2. The molecule has 0 spiro atoms. The van der Waals surface area contributed by atoms with Crippen molar-refractivity contribution in [2.45, 2.75) is 38.6 Å². The van der Waals surface area contributed by atoms with Crippen molar-refractivity contribution in [1.29, 1.82) is 0 Å². The molecule has 0 saturated heterocycles. The van der Waals surface area contributed by atoms with Crippen LogP contribution in [-0.2, 0) is 0 Å². The first-order valence-electron chi connectivity index (χ1n) is 5.53. The Bertz CT molecular complexity index is 472. The van der Waals surface area contributed by atoms with Crippen LogP contribution in [0.5, 0.6) is 0 Å². The second kappa shape index (κ2) is 4.42. The highest BCUT2D eigenvalue weighted by Crippen LogP contribution is 2.29. The lowest BCUT2D eigenvalue weighted by atomic mass is 10.2. The van der Waals surface area contributed by atoms with Crippen molar-refractivity contribution in [3.63, 3.8) is 0 Å². The molecule has 1 saturated carbocycles. The summed E-state index contributed by atoms with van der Waals surface area (Å²) in [7, 11) is 0. The van der Waals surface area contributed by atoms with Gasteiger partial charge in [0, 0.05) is 11.7 Å². The molecule has 0 aliphatic heterocycles. The van der Waals surface area contributed by atoms with Crippen LogP contribution < -0.4 is 5.56 Å². The molecule has 1 aromatic heterocycles. The van der Waals surface area contributed by atoms with Crippen molar-refractivity contribution >= 4 is 16.8 Å². The second-order valence-electron chi connectivity index (χ2n) is 4.28. The molecule has 4 heteroatoms. The van der Waals surface area contributed by atoms with Crippen molar-refractivity contribution in [3.8, 4) is 0 Å². The average molecular weight is 240 g/mol. The number of aromatic nitrogens is 1. The number of pyridine rings is 1. The normalized spacial score (nSPS) is 16.6. The van der Waals surface area contributed by atoms with Gasteiger partial charge in [0.05, 0.1) is 5.56 Å². The Morgan fingerprint density at radius 2 is 2.00 bits per heavy atom. The van der Waals surface area contributed by atoms with Gasteiger partial charge in [-0.3, -0.25) is 9.59 Å². The number of rotatable bonds is 2. The van der Waals surface area contributed by atoms with Gasteiger partial charge in [0.2, 0.25) is 0 Å². The molecule has 0 amide bonds. The van der Waals surface area contributed by atoms with Gasteiger partial charge in [-0.05, 0) is 43.5 Å². The van der Waals surface area contributed by atoms with Gasteiger partial charge in [0.25, 0.3) is 10.8 Å². The molecule has 1 fully saturated rings. The number of aryl methyl sites for hydroxylation is 1. The van der Waals surface area contributed by atoms with Crippen LogP contribution >= 0.6 is 11.6 Å².